The maximum Gasteiger partial charge on any atom is 0.289 e. The zero-order valence-electron chi connectivity index (χ0n) is 10.5. The molecule has 0 spiro atoms. The molecule has 0 saturated heterocycles. The van der Waals surface area contributed by atoms with Gasteiger partial charge in [-0.05, 0) is 24.7 Å². The SMILES string of the molecule is CC.CNCC(F)(F)C(O)c1cc(F)cc(F)c1. The predicted molar refractivity (Wildman–Crippen MR) is 61.5 cm³/mol. The summed E-state index contributed by atoms with van der Waals surface area (Å²) >= 11 is 0. The van der Waals surface area contributed by atoms with E-state index in [2.05, 4.69) is 5.32 Å². The van der Waals surface area contributed by atoms with Crippen molar-refractivity contribution in [3.63, 3.8) is 0 Å². The highest BCUT2D eigenvalue weighted by molar-refractivity contribution is 5.22. The van der Waals surface area contributed by atoms with Crippen LogP contribution in [-0.2, 0) is 0 Å². The van der Waals surface area contributed by atoms with Gasteiger partial charge in [0, 0.05) is 6.07 Å². The lowest BCUT2D eigenvalue weighted by Gasteiger charge is -2.22. The molecule has 104 valence electrons. The van der Waals surface area contributed by atoms with Gasteiger partial charge in [0.05, 0.1) is 6.54 Å². The van der Waals surface area contributed by atoms with Crippen molar-refractivity contribution in [3.8, 4) is 0 Å². The Bertz CT molecular complexity index is 351. The van der Waals surface area contributed by atoms with E-state index in [-0.39, 0.29) is 0 Å². The molecule has 1 atom stereocenters. The number of alkyl halides is 2. The fourth-order valence-electron chi connectivity index (χ4n) is 1.31. The average Bonchev–Trinajstić information content (AvgIpc) is 2.29. The number of hydrogen-bond acceptors (Lipinski definition) is 2. The Kier molecular flexibility index (Phi) is 6.86. The Labute approximate surface area is 104 Å². The Morgan fingerprint density at radius 1 is 1.17 bits per heavy atom. The van der Waals surface area contributed by atoms with E-state index in [0.29, 0.717) is 18.2 Å². The summed E-state index contributed by atoms with van der Waals surface area (Å²) in [6.07, 6.45) is -2.25. The first kappa shape index (κ1) is 16.9. The quantitative estimate of drug-likeness (QED) is 0.822. The topological polar surface area (TPSA) is 32.3 Å². The number of hydrogen-bond donors (Lipinski definition) is 2. The van der Waals surface area contributed by atoms with Crippen LogP contribution in [-0.4, -0.2) is 24.6 Å². The fourth-order valence-corrected chi connectivity index (χ4v) is 1.31. The molecule has 0 aliphatic heterocycles. The van der Waals surface area contributed by atoms with Gasteiger partial charge in [-0.25, -0.2) is 17.6 Å². The summed E-state index contributed by atoms with van der Waals surface area (Å²) in [7, 11) is 1.28. The van der Waals surface area contributed by atoms with Crippen molar-refractivity contribution >= 4 is 0 Å². The average molecular weight is 267 g/mol. The van der Waals surface area contributed by atoms with E-state index in [0.717, 1.165) is 0 Å². The Hall–Kier alpha value is -1.14. The maximum absolute atomic E-state index is 13.2. The van der Waals surface area contributed by atoms with Gasteiger partial charge in [-0.2, -0.15) is 0 Å². The molecule has 1 aromatic carbocycles. The monoisotopic (exact) mass is 267 g/mol. The minimum Gasteiger partial charge on any atom is -0.382 e. The Balaban J connectivity index is 0.00000137. The third-order valence-corrected chi connectivity index (χ3v) is 2.01. The third-order valence-electron chi connectivity index (χ3n) is 2.01. The molecule has 0 aliphatic rings. The zero-order chi connectivity index (χ0) is 14.3. The van der Waals surface area contributed by atoms with E-state index in [1.807, 2.05) is 13.8 Å². The van der Waals surface area contributed by atoms with E-state index in [4.69, 9.17) is 0 Å². The summed E-state index contributed by atoms with van der Waals surface area (Å²) in [5.41, 5.74) is -0.488. The van der Waals surface area contributed by atoms with Crippen molar-refractivity contribution in [2.24, 2.45) is 0 Å². The first-order valence-electron chi connectivity index (χ1n) is 5.53. The molecule has 0 aromatic heterocycles. The molecule has 1 unspecified atom stereocenters. The Morgan fingerprint density at radius 3 is 2.00 bits per heavy atom. The minimum atomic E-state index is -3.49. The highest BCUT2D eigenvalue weighted by Gasteiger charge is 2.39. The van der Waals surface area contributed by atoms with Crippen molar-refractivity contribution in [3.05, 3.63) is 35.4 Å². The number of nitrogens with one attached hydrogen (secondary N) is 1. The van der Waals surface area contributed by atoms with Crippen LogP contribution in [0, 0.1) is 11.6 Å². The van der Waals surface area contributed by atoms with Crippen LogP contribution in [0.15, 0.2) is 18.2 Å². The van der Waals surface area contributed by atoms with Crippen LogP contribution in [0.1, 0.15) is 25.5 Å². The van der Waals surface area contributed by atoms with E-state index >= 15 is 0 Å². The summed E-state index contributed by atoms with van der Waals surface area (Å²) in [6, 6.07) is 1.90. The standard InChI is InChI=1S/C10H11F4NO.C2H6/c1-15-5-10(13,14)9(16)6-2-7(11)4-8(12)3-6;1-2/h2-4,9,15-16H,5H2,1H3;1-2H3. The van der Waals surface area contributed by atoms with E-state index < -0.39 is 35.8 Å². The highest BCUT2D eigenvalue weighted by atomic mass is 19.3. The van der Waals surface area contributed by atoms with Gasteiger partial charge < -0.3 is 10.4 Å². The molecule has 0 fully saturated rings. The smallest absolute Gasteiger partial charge is 0.289 e. The second-order valence-corrected chi connectivity index (χ2v) is 3.40. The van der Waals surface area contributed by atoms with Crippen molar-refractivity contribution in [1.82, 2.24) is 5.32 Å². The molecule has 0 radical (unpaired) electrons. The van der Waals surface area contributed by atoms with E-state index in [9.17, 15) is 22.7 Å². The number of aliphatic hydroxyl groups is 1. The fraction of sp³-hybridized carbons (Fsp3) is 0.500. The third kappa shape index (κ3) is 4.62. The summed E-state index contributed by atoms with van der Waals surface area (Å²) in [5, 5.41) is 11.5. The lowest BCUT2D eigenvalue weighted by atomic mass is 10.0. The first-order chi connectivity index (χ1) is 8.36. The molecular formula is C12H17F4NO. The molecule has 0 saturated carbocycles. The maximum atomic E-state index is 13.2. The van der Waals surface area contributed by atoms with Crippen LogP contribution in [0.25, 0.3) is 0 Å². The molecule has 2 N–H and O–H groups in total. The lowest BCUT2D eigenvalue weighted by molar-refractivity contribution is -0.107. The van der Waals surface area contributed by atoms with Gasteiger partial charge >= 0.3 is 0 Å². The normalized spacial score (nSPS) is 12.7. The lowest BCUT2D eigenvalue weighted by Crippen LogP contribution is -2.36. The summed E-state index contributed by atoms with van der Waals surface area (Å²) in [5.74, 6) is -5.50. The van der Waals surface area contributed by atoms with Gasteiger partial charge in [0.15, 0.2) is 0 Å². The van der Waals surface area contributed by atoms with Gasteiger partial charge in [-0.15, -0.1) is 0 Å². The first-order valence-corrected chi connectivity index (χ1v) is 5.53. The second-order valence-electron chi connectivity index (χ2n) is 3.40. The zero-order valence-corrected chi connectivity index (χ0v) is 10.5. The number of rotatable bonds is 4. The van der Waals surface area contributed by atoms with Gasteiger partial charge in [-0.3, -0.25) is 0 Å². The number of aliphatic hydroxyl groups excluding tert-OH is 1. The minimum absolute atomic E-state index is 0.488. The summed E-state index contributed by atoms with van der Waals surface area (Å²) in [6.45, 7) is 3.21. The van der Waals surface area contributed by atoms with Crippen LogP contribution < -0.4 is 5.32 Å². The molecule has 0 amide bonds. The van der Waals surface area contributed by atoms with Crippen LogP contribution in [0.5, 0.6) is 0 Å². The number of halogens is 4. The van der Waals surface area contributed by atoms with Gasteiger partial charge in [0.1, 0.15) is 17.7 Å². The molecule has 1 rings (SSSR count). The molecule has 2 nitrogen and oxygen atoms in total. The van der Waals surface area contributed by atoms with E-state index in [1.165, 1.54) is 7.05 Å². The van der Waals surface area contributed by atoms with Crippen LogP contribution in [0.2, 0.25) is 0 Å². The van der Waals surface area contributed by atoms with Crippen molar-refractivity contribution in [2.75, 3.05) is 13.6 Å². The molecule has 0 heterocycles. The van der Waals surface area contributed by atoms with Crippen LogP contribution >= 0.6 is 0 Å². The van der Waals surface area contributed by atoms with Gasteiger partial charge in [-0.1, -0.05) is 13.8 Å². The largest absolute Gasteiger partial charge is 0.382 e. The van der Waals surface area contributed by atoms with Crippen LogP contribution in [0.3, 0.4) is 0 Å². The molecule has 6 heteroatoms. The molecule has 0 aliphatic carbocycles. The van der Waals surface area contributed by atoms with Crippen molar-refractivity contribution in [2.45, 2.75) is 25.9 Å². The number of benzene rings is 1. The van der Waals surface area contributed by atoms with Crippen molar-refractivity contribution < 1.29 is 22.7 Å². The second kappa shape index (κ2) is 7.33. The summed E-state index contributed by atoms with van der Waals surface area (Å²) in [4.78, 5) is 0. The molecular weight excluding hydrogens is 250 g/mol. The van der Waals surface area contributed by atoms with Gasteiger partial charge in [0.2, 0.25) is 0 Å². The predicted octanol–water partition coefficient (Wildman–Crippen LogP) is 2.88. The van der Waals surface area contributed by atoms with E-state index in [1.54, 1.807) is 0 Å². The summed E-state index contributed by atoms with van der Waals surface area (Å²) < 4.78 is 51.9. The van der Waals surface area contributed by atoms with Crippen molar-refractivity contribution in [1.29, 1.82) is 0 Å². The highest BCUT2D eigenvalue weighted by Crippen LogP contribution is 2.31. The van der Waals surface area contributed by atoms with Gasteiger partial charge in [0.25, 0.3) is 5.92 Å². The molecule has 1 aromatic rings. The Morgan fingerprint density at radius 2 is 1.61 bits per heavy atom. The molecule has 18 heavy (non-hydrogen) atoms. The molecule has 0 bridgehead atoms. The van der Waals surface area contributed by atoms with Crippen LogP contribution in [0.4, 0.5) is 17.6 Å².